The van der Waals surface area contributed by atoms with Gasteiger partial charge < -0.3 is 9.47 Å². The van der Waals surface area contributed by atoms with Gasteiger partial charge in [0.25, 0.3) is 0 Å². The zero-order chi connectivity index (χ0) is 27.9. The van der Waals surface area contributed by atoms with Gasteiger partial charge in [-0.05, 0) is 117 Å². The number of fused-ring (bicyclic) bond motifs is 1. The molecule has 5 rings (SSSR count). The van der Waals surface area contributed by atoms with E-state index in [2.05, 4.69) is 55.5 Å². The number of ether oxygens (including phenoxy) is 2. The highest BCUT2D eigenvalue weighted by molar-refractivity contribution is 5.64. The van der Waals surface area contributed by atoms with Gasteiger partial charge in [0, 0.05) is 0 Å². The Bertz CT molecular complexity index is 1270. The normalized spacial score (nSPS) is 22.7. The van der Waals surface area contributed by atoms with Gasteiger partial charge in [0.15, 0.2) is 11.5 Å². The molecule has 0 amide bonds. The first-order valence-electron chi connectivity index (χ1n) is 15.1. The van der Waals surface area contributed by atoms with Crippen molar-refractivity contribution in [1.29, 1.82) is 0 Å². The lowest BCUT2D eigenvalue weighted by atomic mass is 9.63. The molecule has 2 saturated carbocycles. The minimum absolute atomic E-state index is 0.103. The molecule has 212 valence electrons. The quantitative estimate of drug-likeness (QED) is 0.236. The van der Waals surface area contributed by atoms with Gasteiger partial charge in [-0.2, -0.15) is 8.78 Å². The highest BCUT2D eigenvalue weighted by Crippen LogP contribution is 2.48. The smallest absolute Gasteiger partial charge is 0.204 e. The summed E-state index contributed by atoms with van der Waals surface area (Å²) in [5.74, 6) is 1.19. The molecular weight excluding hydrogens is 502 g/mol. The number of hydrogen-bond acceptors (Lipinski definition) is 2. The average molecular weight is 545 g/mol. The summed E-state index contributed by atoms with van der Waals surface area (Å²) in [6.45, 7) is 4.27. The van der Waals surface area contributed by atoms with E-state index in [-0.39, 0.29) is 24.7 Å². The molecule has 40 heavy (non-hydrogen) atoms. The van der Waals surface area contributed by atoms with E-state index in [1.54, 1.807) is 6.92 Å². The predicted octanol–water partition coefficient (Wildman–Crippen LogP) is 10.3. The van der Waals surface area contributed by atoms with Crippen LogP contribution in [-0.2, 0) is 6.61 Å². The Kier molecular flexibility index (Phi) is 9.57. The van der Waals surface area contributed by atoms with Crippen LogP contribution in [-0.4, -0.2) is 6.61 Å². The standard InChI is InChI=1S/C36H42F2O2/c1-3-5-6-7-25-8-13-32-23-31(19-18-30(32)22-25)29-16-14-28(15-17-29)27-11-9-26(10-12-27)24-40-34-21-20-33(39-4-2)35(37)36(34)38/h3,5,9-12,14-17,20-21,25,30-32H,4,6-8,13,18-19,22-24H2,1-2H3/b5-3+. The molecule has 0 aliphatic heterocycles. The minimum Gasteiger partial charge on any atom is -0.491 e. The van der Waals surface area contributed by atoms with Crippen molar-refractivity contribution in [2.45, 2.75) is 77.7 Å². The van der Waals surface area contributed by atoms with E-state index in [1.807, 2.05) is 12.1 Å². The summed E-state index contributed by atoms with van der Waals surface area (Å²) in [4.78, 5) is 0. The monoisotopic (exact) mass is 544 g/mol. The van der Waals surface area contributed by atoms with Crippen LogP contribution in [0.4, 0.5) is 8.78 Å². The lowest BCUT2D eigenvalue weighted by molar-refractivity contribution is 0.115. The SMILES string of the molecule is C/C=C/CCC1CCC2CC(c3ccc(-c4ccc(COc5ccc(OCC)c(F)c5F)cc4)cc3)CCC2C1. The van der Waals surface area contributed by atoms with Crippen LogP contribution in [0.1, 0.15) is 82.3 Å². The Hall–Kier alpha value is -3.14. The van der Waals surface area contributed by atoms with Crippen LogP contribution in [0.2, 0.25) is 0 Å². The molecule has 2 aliphatic carbocycles. The number of hydrogen-bond donors (Lipinski definition) is 0. The molecule has 2 fully saturated rings. The first-order chi connectivity index (χ1) is 19.6. The van der Waals surface area contributed by atoms with Crippen LogP contribution >= 0.6 is 0 Å². The molecular formula is C36H42F2O2. The van der Waals surface area contributed by atoms with Crippen LogP contribution in [0.15, 0.2) is 72.8 Å². The molecule has 0 saturated heterocycles. The summed E-state index contributed by atoms with van der Waals surface area (Å²) in [5, 5.41) is 0. The van der Waals surface area contributed by atoms with E-state index in [9.17, 15) is 8.78 Å². The topological polar surface area (TPSA) is 18.5 Å². The number of allylic oxidation sites excluding steroid dienone is 2. The Morgan fingerprint density at radius 3 is 2.05 bits per heavy atom. The Morgan fingerprint density at radius 2 is 1.38 bits per heavy atom. The van der Waals surface area contributed by atoms with E-state index < -0.39 is 11.6 Å². The third kappa shape index (κ3) is 6.77. The zero-order valence-corrected chi connectivity index (χ0v) is 23.9. The molecule has 4 unspecified atom stereocenters. The van der Waals surface area contributed by atoms with E-state index in [0.717, 1.165) is 28.9 Å². The van der Waals surface area contributed by atoms with Gasteiger partial charge in [0.1, 0.15) is 6.61 Å². The predicted molar refractivity (Wildman–Crippen MR) is 159 cm³/mol. The summed E-state index contributed by atoms with van der Waals surface area (Å²) >= 11 is 0. The van der Waals surface area contributed by atoms with Gasteiger partial charge in [-0.1, -0.05) is 67.1 Å². The van der Waals surface area contributed by atoms with Crippen molar-refractivity contribution in [3.8, 4) is 22.6 Å². The van der Waals surface area contributed by atoms with Crippen molar-refractivity contribution in [2.75, 3.05) is 6.61 Å². The van der Waals surface area contributed by atoms with Crippen LogP contribution in [0.3, 0.4) is 0 Å². The van der Waals surface area contributed by atoms with E-state index in [0.29, 0.717) is 5.92 Å². The van der Waals surface area contributed by atoms with Crippen LogP contribution in [0.5, 0.6) is 11.5 Å². The summed E-state index contributed by atoms with van der Waals surface area (Å²) in [6.07, 6.45) is 15.4. The zero-order valence-electron chi connectivity index (χ0n) is 23.9. The summed E-state index contributed by atoms with van der Waals surface area (Å²) < 4.78 is 39.1. The maximum atomic E-state index is 14.3. The second-order valence-electron chi connectivity index (χ2n) is 11.6. The number of halogens is 2. The molecule has 3 aromatic rings. The molecule has 2 nitrogen and oxygen atoms in total. The summed E-state index contributed by atoms with van der Waals surface area (Å²) in [7, 11) is 0. The molecule has 2 aliphatic rings. The average Bonchev–Trinajstić information content (AvgIpc) is 2.99. The fourth-order valence-corrected chi connectivity index (χ4v) is 6.84. The van der Waals surface area contributed by atoms with E-state index >= 15 is 0 Å². The molecule has 3 aromatic carbocycles. The van der Waals surface area contributed by atoms with Gasteiger partial charge >= 0.3 is 0 Å². The van der Waals surface area contributed by atoms with Crippen molar-refractivity contribution in [1.82, 2.24) is 0 Å². The Balaban J connectivity index is 1.14. The van der Waals surface area contributed by atoms with Crippen molar-refractivity contribution < 1.29 is 18.3 Å². The van der Waals surface area contributed by atoms with Crippen molar-refractivity contribution in [2.24, 2.45) is 17.8 Å². The van der Waals surface area contributed by atoms with E-state index in [1.165, 1.54) is 74.6 Å². The summed E-state index contributed by atoms with van der Waals surface area (Å²) in [6, 6.07) is 20.0. The van der Waals surface area contributed by atoms with Gasteiger partial charge in [-0.15, -0.1) is 0 Å². The first kappa shape index (κ1) is 28.4. The van der Waals surface area contributed by atoms with Crippen molar-refractivity contribution in [3.05, 3.63) is 95.6 Å². The molecule has 0 heterocycles. The van der Waals surface area contributed by atoms with Gasteiger partial charge in [0.05, 0.1) is 6.61 Å². The molecule has 0 bridgehead atoms. The molecule has 0 spiro atoms. The first-order valence-corrected chi connectivity index (χ1v) is 15.1. The van der Waals surface area contributed by atoms with Gasteiger partial charge in [-0.25, -0.2) is 0 Å². The molecule has 4 atom stereocenters. The molecule has 4 heteroatoms. The minimum atomic E-state index is -1.02. The van der Waals surface area contributed by atoms with Crippen LogP contribution in [0, 0.1) is 29.4 Å². The maximum absolute atomic E-state index is 14.3. The van der Waals surface area contributed by atoms with E-state index in [4.69, 9.17) is 9.47 Å². The maximum Gasteiger partial charge on any atom is 0.204 e. The fraction of sp³-hybridized carbons (Fsp3) is 0.444. The molecule has 0 radical (unpaired) electrons. The lowest BCUT2D eigenvalue weighted by Gasteiger charge is -2.42. The third-order valence-electron chi connectivity index (χ3n) is 9.07. The fourth-order valence-electron chi connectivity index (χ4n) is 6.84. The second kappa shape index (κ2) is 13.5. The van der Waals surface area contributed by atoms with Gasteiger partial charge in [0.2, 0.25) is 11.6 Å². The second-order valence-corrected chi connectivity index (χ2v) is 11.6. The molecule has 0 aromatic heterocycles. The highest BCUT2D eigenvalue weighted by atomic mass is 19.2. The summed E-state index contributed by atoms with van der Waals surface area (Å²) in [5.41, 5.74) is 4.69. The largest absolute Gasteiger partial charge is 0.491 e. The van der Waals surface area contributed by atoms with Crippen LogP contribution < -0.4 is 9.47 Å². The highest BCUT2D eigenvalue weighted by Gasteiger charge is 2.35. The van der Waals surface area contributed by atoms with Gasteiger partial charge in [-0.3, -0.25) is 0 Å². The Labute approximate surface area is 238 Å². The lowest BCUT2D eigenvalue weighted by Crippen LogP contribution is -2.30. The third-order valence-corrected chi connectivity index (χ3v) is 9.07. The Morgan fingerprint density at radius 1 is 0.750 bits per heavy atom. The van der Waals surface area contributed by atoms with Crippen LogP contribution in [0.25, 0.3) is 11.1 Å². The molecule has 0 N–H and O–H groups in total. The number of benzene rings is 3. The van der Waals surface area contributed by atoms with Crippen molar-refractivity contribution >= 4 is 0 Å². The van der Waals surface area contributed by atoms with Crippen molar-refractivity contribution in [3.63, 3.8) is 0 Å². The number of rotatable bonds is 10.